The van der Waals surface area contributed by atoms with Crippen LogP contribution in [0.25, 0.3) is 0 Å². The predicted molar refractivity (Wildman–Crippen MR) is 103 cm³/mol. The van der Waals surface area contributed by atoms with E-state index in [9.17, 15) is 9.90 Å². The average molecular weight is 376 g/mol. The molecule has 1 aromatic carbocycles. The number of nitrogens with zero attached hydrogens (tertiary/aromatic N) is 1. The van der Waals surface area contributed by atoms with Crippen molar-refractivity contribution in [1.82, 2.24) is 10.2 Å². The van der Waals surface area contributed by atoms with Gasteiger partial charge in [-0.1, -0.05) is 18.2 Å². The summed E-state index contributed by atoms with van der Waals surface area (Å²) in [6.07, 6.45) is -0.900. The van der Waals surface area contributed by atoms with Crippen LogP contribution in [0.3, 0.4) is 0 Å². The van der Waals surface area contributed by atoms with E-state index in [0.29, 0.717) is 31.5 Å². The summed E-state index contributed by atoms with van der Waals surface area (Å²) in [7, 11) is 0. The standard InChI is InChI=1S/C21H32N2O4/c1-13-8-6-7-9-17(13)26-12-14(2)22-19(24)18-15-10-23(11-16(15)18)20(25)27-21(3,4)5/h6-9,14-16,18,20,25H,10-12H2,1-5H3,(H,22,24)/t14?,15-,16+,18?,20?. The minimum atomic E-state index is -0.900. The Morgan fingerprint density at radius 2 is 1.93 bits per heavy atom. The Balaban J connectivity index is 1.40. The van der Waals surface area contributed by atoms with Gasteiger partial charge in [-0.15, -0.1) is 0 Å². The summed E-state index contributed by atoms with van der Waals surface area (Å²) in [6, 6.07) is 7.82. The Hall–Kier alpha value is -1.63. The molecule has 2 N–H and O–H groups in total. The molecule has 150 valence electrons. The monoisotopic (exact) mass is 376 g/mol. The van der Waals surface area contributed by atoms with Crippen LogP contribution in [-0.4, -0.2) is 53.7 Å². The molecule has 0 spiro atoms. The first-order chi connectivity index (χ1) is 12.7. The van der Waals surface area contributed by atoms with E-state index in [1.54, 1.807) is 0 Å². The van der Waals surface area contributed by atoms with E-state index in [4.69, 9.17) is 9.47 Å². The van der Waals surface area contributed by atoms with Gasteiger partial charge in [0.1, 0.15) is 12.4 Å². The Morgan fingerprint density at radius 3 is 2.52 bits per heavy atom. The van der Waals surface area contributed by atoms with E-state index >= 15 is 0 Å². The summed E-state index contributed by atoms with van der Waals surface area (Å²) < 4.78 is 11.4. The molecule has 1 saturated heterocycles. The molecule has 0 aromatic heterocycles. The SMILES string of the molecule is Cc1ccccc1OCC(C)NC(=O)C1[C@H]2CN(C(O)OC(C)(C)C)C[C@@H]12. The number of fused-ring (bicyclic) bond motifs is 1. The summed E-state index contributed by atoms with van der Waals surface area (Å²) in [5.74, 6) is 1.62. The molecule has 1 aromatic rings. The predicted octanol–water partition coefficient (Wildman–Crippen LogP) is 2.15. The van der Waals surface area contributed by atoms with Gasteiger partial charge in [0.2, 0.25) is 12.3 Å². The van der Waals surface area contributed by atoms with Crippen LogP contribution in [0.2, 0.25) is 0 Å². The molecule has 6 nitrogen and oxygen atoms in total. The van der Waals surface area contributed by atoms with Crippen LogP contribution >= 0.6 is 0 Å². The number of likely N-dealkylation sites (tertiary alicyclic amines) is 1. The van der Waals surface area contributed by atoms with Crippen LogP contribution in [-0.2, 0) is 9.53 Å². The van der Waals surface area contributed by atoms with Crippen molar-refractivity contribution in [2.75, 3.05) is 19.7 Å². The van der Waals surface area contributed by atoms with Gasteiger partial charge < -0.3 is 19.9 Å². The first kappa shape index (κ1) is 20.1. The van der Waals surface area contributed by atoms with Gasteiger partial charge in [0, 0.05) is 19.0 Å². The van der Waals surface area contributed by atoms with Gasteiger partial charge in [-0.2, -0.15) is 0 Å². The number of aryl methyl sites for hydroxylation is 1. The molecule has 27 heavy (non-hydrogen) atoms. The highest BCUT2D eigenvalue weighted by Gasteiger charge is 2.60. The van der Waals surface area contributed by atoms with Crippen LogP contribution in [0, 0.1) is 24.7 Å². The minimum Gasteiger partial charge on any atom is -0.491 e. The third-order valence-corrected chi connectivity index (χ3v) is 5.27. The molecule has 5 atom stereocenters. The number of rotatable bonds is 7. The lowest BCUT2D eigenvalue weighted by Crippen LogP contribution is -2.44. The Morgan fingerprint density at radius 1 is 1.30 bits per heavy atom. The van der Waals surface area contributed by atoms with Gasteiger partial charge in [-0.3, -0.25) is 9.69 Å². The zero-order valence-corrected chi connectivity index (χ0v) is 16.9. The summed E-state index contributed by atoms with van der Waals surface area (Å²) in [4.78, 5) is 14.4. The van der Waals surface area contributed by atoms with Crippen LogP contribution in [0.1, 0.15) is 33.3 Å². The van der Waals surface area contributed by atoms with Gasteiger partial charge in [0.15, 0.2) is 0 Å². The lowest BCUT2D eigenvalue weighted by Gasteiger charge is -2.31. The van der Waals surface area contributed by atoms with Gasteiger partial charge in [0.05, 0.1) is 11.6 Å². The number of amides is 1. The maximum Gasteiger partial charge on any atom is 0.224 e. The van der Waals surface area contributed by atoms with Gasteiger partial charge in [0.25, 0.3) is 0 Å². The number of carbonyl (C=O) groups excluding carboxylic acids is 1. The third-order valence-electron chi connectivity index (χ3n) is 5.27. The van der Waals surface area contributed by atoms with Gasteiger partial charge in [-0.05, 0) is 58.1 Å². The summed E-state index contributed by atoms with van der Waals surface area (Å²) >= 11 is 0. The second-order valence-electron chi connectivity index (χ2n) is 8.85. The normalized spacial score (nSPS) is 27.0. The quantitative estimate of drug-likeness (QED) is 0.714. The van der Waals surface area contributed by atoms with Crippen molar-refractivity contribution in [3.05, 3.63) is 29.8 Å². The van der Waals surface area contributed by atoms with Crippen LogP contribution in [0.15, 0.2) is 24.3 Å². The fraction of sp³-hybridized carbons (Fsp3) is 0.667. The molecule has 2 aliphatic rings. The smallest absolute Gasteiger partial charge is 0.224 e. The molecule has 1 amide bonds. The van der Waals surface area contributed by atoms with E-state index in [-0.39, 0.29) is 17.9 Å². The van der Waals surface area contributed by atoms with E-state index in [1.165, 1.54) is 0 Å². The fourth-order valence-corrected chi connectivity index (χ4v) is 3.83. The number of hydrogen-bond donors (Lipinski definition) is 2. The number of aliphatic hydroxyl groups excluding tert-OH is 1. The van der Waals surface area contributed by atoms with E-state index in [2.05, 4.69) is 5.32 Å². The number of nitrogens with one attached hydrogen (secondary N) is 1. The largest absolute Gasteiger partial charge is 0.491 e. The van der Waals surface area contributed by atoms with E-state index < -0.39 is 12.0 Å². The second kappa shape index (κ2) is 7.78. The van der Waals surface area contributed by atoms with Gasteiger partial charge in [-0.25, -0.2) is 0 Å². The zero-order valence-electron chi connectivity index (χ0n) is 16.9. The minimum absolute atomic E-state index is 0.0454. The summed E-state index contributed by atoms with van der Waals surface area (Å²) in [5.41, 5.74) is 0.694. The van der Waals surface area contributed by atoms with Crippen LogP contribution in [0.4, 0.5) is 0 Å². The lowest BCUT2D eigenvalue weighted by molar-refractivity contribution is -0.236. The highest BCUT2D eigenvalue weighted by Crippen LogP contribution is 2.52. The molecular formula is C21H32N2O4. The molecule has 1 heterocycles. The first-order valence-corrected chi connectivity index (χ1v) is 9.74. The highest BCUT2D eigenvalue weighted by molar-refractivity contribution is 5.82. The Kier molecular flexibility index (Phi) is 5.79. The number of aliphatic hydroxyl groups is 1. The number of benzene rings is 1. The lowest BCUT2D eigenvalue weighted by atomic mass is 10.2. The van der Waals surface area contributed by atoms with Crippen molar-refractivity contribution >= 4 is 5.91 Å². The first-order valence-electron chi connectivity index (χ1n) is 9.74. The zero-order chi connectivity index (χ0) is 19.8. The molecule has 1 saturated carbocycles. The topological polar surface area (TPSA) is 71.0 Å². The molecule has 3 unspecified atom stereocenters. The van der Waals surface area contributed by atoms with Crippen LogP contribution in [0.5, 0.6) is 5.75 Å². The second-order valence-corrected chi connectivity index (χ2v) is 8.85. The number of hydrogen-bond acceptors (Lipinski definition) is 5. The Bertz CT molecular complexity index is 660. The molecule has 2 fully saturated rings. The molecule has 1 aliphatic heterocycles. The van der Waals surface area contributed by atoms with Crippen molar-refractivity contribution in [1.29, 1.82) is 0 Å². The molecule has 6 heteroatoms. The molecule has 3 rings (SSSR count). The van der Waals surface area contributed by atoms with Crippen molar-refractivity contribution in [2.45, 2.75) is 52.7 Å². The maximum absolute atomic E-state index is 12.5. The third kappa shape index (κ3) is 5.00. The van der Waals surface area contributed by atoms with Gasteiger partial charge >= 0.3 is 0 Å². The summed E-state index contributed by atoms with van der Waals surface area (Å²) in [5, 5.41) is 13.2. The van der Waals surface area contributed by atoms with E-state index in [1.807, 2.05) is 63.8 Å². The van der Waals surface area contributed by atoms with Crippen LogP contribution < -0.4 is 10.1 Å². The van der Waals surface area contributed by atoms with Crippen molar-refractivity contribution in [3.8, 4) is 5.75 Å². The molecule has 0 bridgehead atoms. The average Bonchev–Trinajstić information content (AvgIpc) is 3.07. The molecule has 1 aliphatic carbocycles. The number of para-hydroxylation sites is 1. The molecular weight excluding hydrogens is 344 g/mol. The molecule has 0 radical (unpaired) electrons. The number of ether oxygens (including phenoxy) is 2. The van der Waals surface area contributed by atoms with Crippen molar-refractivity contribution in [2.24, 2.45) is 17.8 Å². The van der Waals surface area contributed by atoms with E-state index in [0.717, 1.165) is 11.3 Å². The highest BCUT2D eigenvalue weighted by atomic mass is 16.6. The number of piperidine rings is 1. The van der Waals surface area contributed by atoms with Crippen molar-refractivity contribution in [3.63, 3.8) is 0 Å². The summed E-state index contributed by atoms with van der Waals surface area (Å²) in [6.45, 7) is 11.6. The number of carbonyl (C=O) groups is 1. The maximum atomic E-state index is 12.5. The fourth-order valence-electron chi connectivity index (χ4n) is 3.83. The van der Waals surface area contributed by atoms with Crippen molar-refractivity contribution < 1.29 is 19.4 Å². The Labute approximate surface area is 161 Å².